The average molecular weight is 383 g/mol. The maximum Gasteiger partial charge on any atom is 0.117 e. The maximum atomic E-state index is 6.49. The van der Waals surface area contributed by atoms with Crippen molar-refractivity contribution in [1.82, 2.24) is 0 Å². The first-order valence-corrected chi connectivity index (χ1v) is 7.59. The van der Waals surface area contributed by atoms with Crippen LogP contribution in [0, 0.1) is 0 Å². The molecule has 0 aromatic heterocycles. The zero-order chi connectivity index (χ0) is 14.1. The van der Waals surface area contributed by atoms with E-state index < -0.39 is 17.9 Å². The van der Waals surface area contributed by atoms with Crippen LogP contribution in [0.3, 0.4) is 0 Å². The molecule has 7 heteroatoms. The third-order valence-electron chi connectivity index (χ3n) is 1.88. The molecule has 0 aromatic rings. The van der Waals surface area contributed by atoms with Crippen molar-refractivity contribution in [2.24, 2.45) is 0 Å². The molecule has 0 aliphatic carbocycles. The summed E-state index contributed by atoms with van der Waals surface area (Å²) in [6, 6.07) is 0. The predicted octanol–water partition coefficient (Wildman–Crippen LogP) is 6.72. The van der Waals surface area contributed by atoms with Crippen molar-refractivity contribution in [2.75, 3.05) is 0 Å². The molecule has 0 aromatic carbocycles. The normalized spacial score (nSPS) is 15.2. The Morgan fingerprint density at radius 2 is 0.706 bits per heavy atom. The molecule has 0 atom stereocenters. The molecule has 0 aliphatic rings. The van der Waals surface area contributed by atoms with E-state index >= 15 is 0 Å². The highest BCUT2D eigenvalue weighted by Gasteiger charge is 2.43. The Hall–Kier alpha value is 2.03. The predicted molar refractivity (Wildman–Crippen MR) is 82.8 cm³/mol. The minimum Gasteiger partial charge on any atom is -0.119 e. The van der Waals surface area contributed by atoms with Crippen LogP contribution >= 0.6 is 81.2 Å². The van der Waals surface area contributed by atoms with Gasteiger partial charge in [0.15, 0.2) is 0 Å². The third-order valence-corrected chi connectivity index (χ3v) is 3.08. The lowest BCUT2D eigenvalue weighted by Gasteiger charge is -2.37. The van der Waals surface area contributed by atoms with E-state index in [1.54, 1.807) is 20.8 Å². The van der Waals surface area contributed by atoms with E-state index in [0.717, 1.165) is 0 Å². The smallest absolute Gasteiger partial charge is 0.117 e. The lowest BCUT2D eigenvalue weighted by Crippen LogP contribution is -2.37. The first-order chi connectivity index (χ1) is 7.12. The van der Waals surface area contributed by atoms with Crippen LogP contribution < -0.4 is 0 Å². The Balaban J connectivity index is 4.95. The van der Waals surface area contributed by atoms with Gasteiger partial charge in [-0.15, -0.1) is 81.2 Å². The monoisotopic (exact) mass is 380 g/mol. The van der Waals surface area contributed by atoms with Gasteiger partial charge >= 0.3 is 0 Å². The van der Waals surface area contributed by atoms with Crippen LogP contribution in [0.2, 0.25) is 0 Å². The molecule has 0 bridgehead atoms. The van der Waals surface area contributed by atoms with Crippen LogP contribution in [-0.2, 0) is 0 Å². The molecule has 104 valence electrons. The molecule has 0 radical (unpaired) electrons. The minimum absolute atomic E-state index is 0.273. The van der Waals surface area contributed by atoms with Crippen LogP contribution in [0.1, 0.15) is 40.0 Å². The van der Waals surface area contributed by atoms with Crippen molar-refractivity contribution in [2.45, 2.75) is 57.9 Å². The largest absolute Gasteiger partial charge is 0.119 e. The molecule has 0 heterocycles. The van der Waals surface area contributed by atoms with Crippen LogP contribution in [0.4, 0.5) is 0 Å². The van der Waals surface area contributed by atoms with E-state index in [4.69, 9.17) is 81.2 Å². The number of halogens is 7. The second-order valence-corrected chi connectivity index (χ2v) is 11.3. The molecule has 0 N–H and O–H groups in total. The van der Waals surface area contributed by atoms with Gasteiger partial charge in [0.25, 0.3) is 0 Å². The van der Waals surface area contributed by atoms with E-state index in [-0.39, 0.29) is 19.3 Å². The van der Waals surface area contributed by atoms with Gasteiger partial charge < -0.3 is 0 Å². The molecule has 0 aliphatic heterocycles. The summed E-state index contributed by atoms with van der Waals surface area (Å²) in [5.74, 6) is 0. The van der Waals surface area contributed by atoms with Crippen molar-refractivity contribution < 1.29 is 0 Å². The van der Waals surface area contributed by atoms with Crippen LogP contribution in [0.5, 0.6) is 0 Å². The molecule has 0 amide bonds. The van der Waals surface area contributed by atoms with Gasteiger partial charge in [0.2, 0.25) is 0 Å². The average Bonchev–Trinajstić information content (AvgIpc) is 1.65. The summed E-state index contributed by atoms with van der Waals surface area (Å²) < 4.78 is -3.00. The fourth-order valence-corrected chi connectivity index (χ4v) is 4.60. The van der Waals surface area contributed by atoms with Gasteiger partial charge in [0.05, 0.1) is 4.87 Å². The number of hydrogen-bond donors (Lipinski definition) is 0. The van der Waals surface area contributed by atoms with E-state index in [1.807, 2.05) is 0 Å². The summed E-state index contributed by atoms with van der Waals surface area (Å²) in [6.45, 7) is 4.94. The fourth-order valence-electron chi connectivity index (χ4n) is 1.86. The minimum atomic E-state index is -1.00. The highest BCUT2D eigenvalue weighted by molar-refractivity contribution is 6.50. The Kier molecular flexibility index (Phi) is 6.95. The zero-order valence-corrected chi connectivity index (χ0v) is 15.1. The Morgan fingerprint density at radius 1 is 0.529 bits per heavy atom. The fraction of sp³-hybridized carbons (Fsp3) is 1.00. The Labute approximate surface area is 138 Å². The van der Waals surface area contributed by atoms with Gasteiger partial charge in [-0.2, -0.15) is 0 Å². The van der Waals surface area contributed by atoms with Crippen molar-refractivity contribution in [3.05, 3.63) is 0 Å². The van der Waals surface area contributed by atoms with Crippen molar-refractivity contribution in [3.8, 4) is 0 Å². The number of rotatable bonds is 6. The molecule has 17 heavy (non-hydrogen) atoms. The molecule has 0 fully saturated rings. The van der Waals surface area contributed by atoms with Crippen LogP contribution in [0.25, 0.3) is 0 Å². The van der Waals surface area contributed by atoms with Gasteiger partial charge in [-0.1, -0.05) is 0 Å². The summed E-state index contributed by atoms with van der Waals surface area (Å²) in [5.41, 5.74) is 0. The molecule has 0 unspecified atom stereocenters. The second-order valence-electron chi connectivity index (χ2n) is 4.89. The third kappa shape index (κ3) is 11.5. The molecule has 0 saturated carbocycles. The van der Waals surface area contributed by atoms with Crippen LogP contribution in [-0.4, -0.2) is 17.9 Å². The van der Waals surface area contributed by atoms with E-state index in [2.05, 4.69) is 0 Å². The highest BCUT2D eigenvalue weighted by Crippen LogP contribution is 2.48. The second kappa shape index (κ2) is 6.20. The van der Waals surface area contributed by atoms with Gasteiger partial charge in [0.1, 0.15) is 13.0 Å². The Morgan fingerprint density at radius 3 is 0.824 bits per heavy atom. The van der Waals surface area contributed by atoms with Crippen LogP contribution in [0.15, 0.2) is 0 Å². The van der Waals surface area contributed by atoms with Gasteiger partial charge in [-0.05, 0) is 40.0 Å². The van der Waals surface area contributed by atoms with Gasteiger partial charge in [0, 0.05) is 0 Å². The molecule has 0 spiro atoms. The first-order valence-electron chi connectivity index (χ1n) is 4.94. The van der Waals surface area contributed by atoms with Gasteiger partial charge in [-0.3, -0.25) is 0 Å². The summed E-state index contributed by atoms with van der Waals surface area (Å²) in [5, 5.41) is 0. The van der Waals surface area contributed by atoms with Crippen molar-refractivity contribution in [3.63, 3.8) is 0 Å². The van der Waals surface area contributed by atoms with E-state index in [0.29, 0.717) is 0 Å². The van der Waals surface area contributed by atoms with E-state index in [1.165, 1.54) is 0 Å². The van der Waals surface area contributed by atoms with Gasteiger partial charge in [-0.25, -0.2) is 0 Å². The Bertz CT molecular complexity index is 202. The standard InChI is InChI=1S/C10H15Cl7/c1-7(11,12)4-10(17,5-8(2,13)14)6-9(3,15)16/h4-6H2,1-3H3. The van der Waals surface area contributed by atoms with Crippen molar-refractivity contribution >= 4 is 81.2 Å². The number of alkyl halides is 7. The molecular formula is C10H15Cl7. The molecular weight excluding hydrogens is 368 g/mol. The number of hydrogen-bond acceptors (Lipinski definition) is 0. The molecule has 0 rings (SSSR count). The topological polar surface area (TPSA) is 0 Å². The molecule has 0 nitrogen and oxygen atoms in total. The summed E-state index contributed by atoms with van der Waals surface area (Å²) in [7, 11) is 0. The first kappa shape index (κ1) is 19.0. The quantitative estimate of drug-likeness (QED) is 0.447. The lowest BCUT2D eigenvalue weighted by molar-refractivity contribution is 0.417. The molecule has 0 saturated heterocycles. The van der Waals surface area contributed by atoms with Crippen molar-refractivity contribution in [1.29, 1.82) is 0 Å². The SMILES string of the molecule is CC(Cl)(Cl)CC(Cl)(CC(C)(Cl)Cl)CC(C)(Cl)Cl. The summed E-state index contributed by atoms with van der Waals surface area (Å²) in [4.78, 5) is -0.866. The summed E-state index contributed by atoms with van der Waals surface area (Å²) in [6.07, 6.45) is 0.818. The maximum absolute atomic E-state index is 6.49. The lowest BCUT2D eigenvalue weighted by atomic mass is 9.91. The highest BCUT2D eigenvalue weighted by atomic mass is 35.5. The zero-order valence-electron chi connectivity index (χ0n) is 9.77. The summed E-state index contributed by atoms with van der Waals surface area (Å²) >= 11 is 42.4. The van der Waals surface area contributed by atoms with E-state index in [9.17, 15) is 0 Å².